The lowest BCUT2D eigenvalue weighted by Crippen LogP contribution is -2.44. The van der Waals surface area contributed by atoms with Gasteiger partial charge < -0.3 is 15.3 Å². The summed E-state index contributed by atoms with van der Waals surface area (Å²) in [7, 11) is 1.34. The monoisotopic (exact) mass is 410 g/mol. The molecule has 0 unspecified atom stereocenters. The minimum absolute atomic E-state index is 0.0536. The predicted octanol–water partition coefficient (Wildman–Crippen LogP) is 0.0231. The highest BCUT2D eigenvalue weighted by Gasteiger charge is 2.26. The summed E-state index contributed by atoms with van der Waals surface area (Å²) in [6.07, 6.45) is 1.68. The Hall–Kier alpha value is -3.66. The standard InChI is InChI=1S/C20H22N6O4/c1-3-13-6-4-5-7-14(13)26-16-17(22-19(26)24-10-8-21-9-11-24)25(12-15(27)28)20(30)23(2)18(16)29/h3-7,21H,1,8-12H2,2H3,(H,27,28). The first-order valence-electron chi connectivity index (χ1n) is 9.55. The van der Waals surface area contributed by atoms with Gasteiger partial charge in [0.2, 0.25) is 5.95 Å². The van der Waals surface area contributed by atoms with Crippen LogP contribution in [-0.2, 0) is 18.4 Å². The van der Waals surface area contributed by atoms with E-state index in [1.165, 1.54) is 7.05 Å². The molecule has 0 radical (unpaired) electrons. The van der Waals surface area contributed by atoms with E-state index < -0.39 is 23.8 Å². The maximum absolute atomic E-state index is 13.2. The number of aromatic nitrogens is 4. The maximum atomic E-state index is 13.2. The summed E-state index contributed by atoms with van der Waals surface area (Å²) in [5, 5.41) is 12.6. The second-order valence-corrected chi connectivity index (χ2v) is 7.05. The molecule has 1 saturated heterocycles. The number of imidazole rings is 1. The Kier molecular flexibility index (Phi) is 5.00. The van der Waals surface area contributed by atoms with Crippen LogP contribution in [0.25, 0.3) is 22.9 Å². The zero-order valence-corrected chi connectivity index (χ0v) is 16.5. The minimum atomic E-state index is -1.19. The van der Waals surface area contributed by atoms with Crippen LogP contribution in [-0.4, -0.2) is 55.9 Å². The first-order chi connectivity index (χ1) is 14.4. The molecule has 2 aromatic heterocycles. The maximum Gasteiger partial charge on any atom is 0.333 e. The number of benzene rings is 1. The number of para-hydroxylation sites is 1. The molecule has 0 atom stereocenters. The highest BCUT2D eigenvalue weighted by molar-refractivity contribution is 5.81. The van der Waals surface area contributed by atoms with Crippen LogP contribution in [0.2, 0.25) is 0 Å². The van der Waals surface area contributed by atoms with Gasteiger partial charge in [-0.15, -0.1) is 0 Å². The molecule has 4 rings (SSSR count). The van der Waals surface area contributed by atoms with Gasteiger partial charge in [0.25, 0.3) is 5.56 Å². The Morgan fingerprint density at radius 1 is 1.27 bits per heavy atom. The third kappa shape index (κ3) is 3.11. The lowest BCUT2D eigenvalue weighted by molar-refractivity contribution is -0.137. The molecule has 10 nitrogen and oxygen atoms in total. The fraction of sp³-hybridized carbons (Fsp3) is 0.300. The van der Waals surface area contributed by atoms with Crippen LogP contribution in [0, 0.1) is 0 Å². The Balaban J connectivity index is 2.15. The third-order valence-corrected chi connectivity index (χ3v) is 5.21. The van der Waals surface area contributed by atoms with E-state index >= 15 is 0 Å². The summed E-state index contributed by atoms with van der Waals surface area (Å²) in [4.78, 5) is 43.9. The average molecular weight is 410 g/mol. The molecule has 0 bridgehead atoms. The van der Waals surface area contributed by atoms with Gasteiger partial charge in [-0.25, -0.2) is 4.79 Å². The van der Waals surface area contributed by atoms with Crippen LogP contribution in [0.3, 0.4) is 0 Å². The van der Waals surface area contributed by atoms with Crippen molar-refractivity contribution < 1.29 is 9.90 Å². The van der Waals surface area contributed by atoms with E-state index in [1.807, 2.05) is 29.2 Å². The van der Waals surface area contributed by atoms with Crippen LogP contribution in [0.15, 0.2) is 40.4 Å². The molecular weight excluding hydrogens is 388 g/mol. The largest absolute Gasteiger partial charge is 0.480 e. The van der Waals surface area contributed by atoms with Crippen molar-refractivity contribution in [3.05, 3.63) is 57.2 Å². The van der Waals surface area contributed by atoms with Crippen molar-refractivity contribution in [2.24, 2.45) is 7.05 Å². The molecule has 1 fully saturated rings. The number of carbonyl (C=O) groups is 1. The number of carboxylic acid groups (broad SMARTS) is 1. The van der Waals surface area contributed by atoms with E-state index in [0.717, 1.165) is 27.8 Å². The van der Waals surface area contributed by atoms with Crippen LogP contribution < -0.4 is 21.5 Å². The van der Waals surface area contributed by atoms with E-state index in [1.54, 1.807) is 10.6 Å². The first kappa shape index (κ1) is 19.6. The fourth-order valence-corrected chi connectivity index (χ4v) is 3.74. The first-order valence-corrected chi connectivity index (χ1v) is 9.55. The van der Waals surface area contributed by atoms with Gasteiger partial charge in [0.05, 0.1) is 5.69 Å². The Labute approximate surface area is 171 Å². The molecule has 1 aliphatic rings. The number of rotatable bonds is 5. The van der Waals surface area contributed by atoms with Gasteiger partial charge >= 0.3 is 11.7 Å². The van der Waals surface area contributed by atoms with E-state index in [2.05, 4.69) is 16.9 Å². The average Bonchev–Trinajstić information content (AvgIpc) is 3.16. The molecule has 156 valence electrons. The number of carboxylic acids is 1. The van der Waals surface area contributed by atoms with Gasteiger partial charge in [-0.2, -0.15) is 4.98 Å². The highest BCUT2D eigenvalue weighted by Crippen LogP contribution is 2.27. The Bertz CT molecular complexity index is 1260. The molecule has 1 aliphatic heterocycles. The number of anilines is 1. The van der Waals surface area contributed by atoms with Crippen molar-refractivity contribution in [3.63, 3.8) is 0 Å². The van der Waals surface area contributed by atoms with Crippen molar-refractivity contribution in [1.29, 1.82) is 0 Å². The minimum Gasteiger partial charge on any atom is -0.480 e. The summed E-state index contributed by atoms with van der Waals surface area (Å²) >= 11 is 0. The topological polar surface area (TPSA) is 114 Å². The van der Waals surface area contributed by atoms with Crippen LogP contribution in [0.5, 0.6) is 0 Å². The number of piperazine rings is 1. The normalized spacial score (nSPS) is 14.2. The second kappa shape index (κ2) is 7.64. The SMILES string of the molecule is C=Cc1ccccc1-n1c(N2CCNCC2)nc2c1c(=O)n(C)c(=O)n2CC(=O)O. The number of nitrogens with one attached hydrogen (secondary N) is 1. The van der Waals surface area contributed by atoms with Crippen LogP contribution in [0.4, 0.5) is 5.95 Å². The van der Waals surface area contributed by atoms with E-state index in [-0.39, 0.29) is 11.2 Å². The van der Waals surface area contributed by atoms with E-state index in [4.69, 9.17) is 0 Å². The summed E-state index contributed by atoms with van der Waals surface area (Å²) in [6, 6.07) is 7.42. The van der Waals surface area contributed by atoms with Gasteiger partial charge in [0.1, 0.15) is 6.54 Å². The molecule has 0 aliphatic carbocycles. The lowest BCUT2D eigenvalue weighted by atomic mass is 10.1. The van der Waals surface area contributed by atoms with Gasteiger partial charge in [-0.1, -0.05) is 30.9 Å². The van der Waals surface area contributed by atoms with Crippen molar-refractivity contribution >= 4 is 29.2 Å². The Morgan fingerprint density at radius 3 is 2.63 bits per heavy atom. The van der Waals surface area contributed by atoms with Crippen molar-refractivity contribution in [1.82, 2.24) is 24.0 Å². The molecule has 0 spiro atoms. The van der Waals surface area contributed by atoms with E-state index in [9.17, 15) is 19.5 Å². The van der Waals surface area contributed by atoms with Crippen molar-refractivity contribution in [2.75, 3.05) is 31.1 Å². The zero-order valence-electron chi connectivity index (χ0n) is 16.5. The number of hydrogen-bond donors (Lipinski definition) is 2. The quantitative estimate of drug-likeness (QED) is 0.610. The highest BCUT2D eigenvalue weighted by atomic mass is 16.4. The van der Waals surface area contributed by atoms with Gasteiger partial charge in [-0.05, 0) is 11.6 Å². The molecule has 30 heavy (non-hydrogen) atoms. The molecule has 3 heterocycles. The lowest BCUT2D eigenvalue weighted by Gasteiger charge is -2.29. The summed E-state index contributed by atoms with van der Waals surface area (Å²) in [5.41, 5.74) is 0.416. The summed E-state index contributed by atoms with van der Waals surface area (Å²) in [5.74, 6) is -0.704. The second-order valence-electron chi connectivity index (χ2n) is 7.05. The number of fused-ring (bicyclic) bond motifs is 1. The predicted molar refractivity (Wildman–Crippen MR) is 113 cm³/mol. The third-order valence-electron chi connectivity index (χ3n) is 5.21. The van der Waals surface area contributed by atoms with Gasteiger partial charge in [0, 0.05) is 33.2 Å². The molecular formula is C20H22N6O4. The molecule has 2 N–H and O–H groups in total. The van der Waals surface area contributed by atoms with Gasteiger partial charge in [-0.3, -0.25) is 23.3 Å². The van der Waals surface area contributed by atoms with Crippen molar-refractivity contribution in [2.45, 2.75) is 6.54 Å². The summed E-state index contributed by atoms with van der Waals surface area (Å²) < 4.78 is 3.65. The molecule has 0 amide bonds. The molecule has 0 saturated carbocycles. The molecule has 3 aromatic rings. The Morgan fingerprint density at radius 2 is 1.97 bits per heavy atom. The summed E-state index contributed by atoms with van der Waals surface area (Å²) in [6.45, 7) is 6.06. The van der Waals surface area contributed by atoms with Gasteiger partial charge in [0.15, 0.2) is 11.2 Å². The van der Waals surface area contributed by atoms with Crippen LogP contribution in [0.1, 0.15) is 5.56 Å². The number of hydrogen-bond acceptors (Lipinski definition) is 6. The smallest absolute Gasteiger partial charge is 0.333 e. The zero-order chi connectivity index (χ0) is 21.4. The van der Waals surface area contributed by atoms with Crippen LogP contribution >= 0.6 is 0 Å². The molecule has 1 aromatic carbocycles. The molecule has 10 heteroatoms. The van der Waals surface area contributed by atoms with Crippen molar-refractivity contribution in [3.8, 4) is 5.69 Å². The fourth-order valence-electron chi connectivity index (χ4n) is 3.74. The number of aliphatic carboxylic acids is 1. The van der Waals surface area contributed by atoms with E-state index in [0.29, 0.717) is 24.7 Å². The number of nitrogens with zero attached hydrogens (tertiary/aromatic N) is 5.